The monoisotopic (exact) mass is 336 g/mol. The minimum atomic E-state index is -0.194. The summed E-state index contributed by atoms with van der Waals surface area (Å²) in [5.41, 5.74) is 2.99. The van der Waals surface area contributed by atoms with Gasteiger partial charge < -0.3 is 5.32 Å². The van der Waals surface area contributed by atoms with Crippen LogP contribution in [0.15, 0.2) is 42.5 Å². The average molecular weight is 336 g/mol. The van der Waals surface area contributed by atoms with Crippen LogP contribution in [0.1, 0.15) is 39.8 Å². The zero-order valence-corrected chi connectivity index (χ0v) is 13.7. The molecule has 1 amide bonds. The molecule has 0 radical (unpaired) electrons. The molecule has 1 aromatic heterocycles. The summed E-state index contributed by atoms with van der Waals surface area (Å²) in [5.74, 6) is 0.980. The molecule has 2 N–H and O–H groups in total. The molecule has 0 saturated heterocycles. The molecule has 0 unspecified atom stereocenters. The Morgan fingerprint density at radius 1 is 1.24 bits per heavy atom. The number of carbonyl (C=O) groups excluding carboxylic acids is 1. The minimum absolute atomic E-state index is 0.145. The lowest BCUT2D eigenvalue weighted by Crippen LogP contribution is -2.27. The van der Waals surface area contributed by atoms with E-state index in [4.69, 9.17) is 0 Å². The first-order chi connectivity index (χ1) is 12.1. The Kier molecular flexibility index (Phi) is 3.80. The molecule has 0 fully saturated rings. The number of carbonyl (C=O) groups is 1. The van der Waals surface area contributed by atoms with Gasteiger partial charge in [0.1, 0.15) is 11.6 Å². The highest BCUT2D eigenvalue weighted by Crippen LogP contribution is 2.32. The number of hydrogen-bond acceptors (Lipinski definition) is 3. The van der Waals surface area contributed by atoms with Gasteiger partial charge in [0.25, 0.3) is 5.91 Å². The van der Waals surface area contributed by atoms with Crippen molar-refractivity contribution in [3.63, 3.8) is 0 Å². The molecule has 1 aliphatic carbocycles. The number of aromatic nitrogens is 3. The predicted octanol–water partition coefficient (Wildman–Crippen LogP) is 3.34. The minimum Gasteiger partial charge on any atom is -0.345 e. The zero-order chi connectivity index (χ0) is 17.4. The van der Waals surface area contributed by atoms with Gasteiger partial charge in [-0.1, -0.05) is 24.3 Å². The van der Waals surface area contributed by atoms with E-state index in [1.54, 1.807) is 18.2 Å². The summed E-state index contributed by atoms with van der Waals surface area (Å²) in [6.07, 6.45) is 1.37. The molecule has 4 rings (SSSR count). The topological polar surface area (TPSA) is 70.7 Å². The zero-order valence-electron chi connectivity index (χ0n) is 13.7. The lowest BCUT2D eigenvalue weighted by atomic mass is 10.1. The van der Waals surface area contributed by atoms with Gasteiger partial charge in [-0.15, -0.1) is 0 Å². The summed E-state index contributed by atoms with van der Waals surface area (Å²) in [6.45, 7) is 1.83. The second kappa shape index (κ2) is 6.12. The lowest BCUT2D eigenvalue weighted by Gasteiger charge is -2.14. The van der Waals surface area contributed by atoms with E-state index in [2.05, 4.69) is 20.5 Å². The number of nitrogens with zero attached hydrogens (tertiary/aromatic N) is 2. The third kappa shape index (κ3) is 2.91. The van der Waals surface area contributed by atoms with E-state index in [1.165, 1.54) is 6.07 Å². The largest absolute Gasteiger partial charge is 0.345 e. The number of H-pyrrole nitrogens is 1. The van der Waals surface area contributed by atoms with Crippen molar-refractivity contribution in [1.29, 1.82) is 0 Å². The van der Waals surface area contributed by atoms with E-state index in [1.807, 2.05) is 25.1 Å². The van der Waals surface area contributed by atoms with Crippen LogP contribution < -0.4 is 5.32 Å². The van der Waals surface area contributed by atoms with Gasteiger partial charge in [0.05, 0.1) is 6.04 Å². The summed E-state index contributed by atoms with van der Waals surface area (Å²) >= 11 is 0. The van der Waals surface area contributed by atoms with Gasteiger partial charge in [0.15, 0.2) is 5.82 Å². The van der Waals surface area contributed by atoms with Crippen molar-refractivity contribution >= 4 is 5.91 Å². The third-order valence-electron chi connectivity index (χ3n) is 4.52. The number of aryl methyl sites for hydroxylation is 1. The number of amides is 1. The van der Waals surface area contributed by atoms with E-state index >= 15 is 0 Å². The molecule has 1 atom stereocenters. The van der Waals surface area contributed by atoms with Crippen LogP contribution in [0.4, 0.5) is 4.39 Å². The first kappa shape index (κ1) is 15.5. The Morgan fingerprint density at radius 2 is 2.04 bits per heavy atom. The van der Waals surface area contributed by atoms with E-state index < -0.39 is 0 Å². The van der Waals surface area contributed by atoms with Gasteiger partial charge >= 0.3 is 0 Å². The van der Waals surface area contributed by atoms with Crippen molar-refractivity contribution in [3.05, 3.63) is 70.8 Å². The number of benzene rings is 2. The number of halogens is 1. The maximum absolute atomic E-state index is 13.8. The van der Waals surface area contributed by atoms with Gasteiger partial charge in [-0.05, 0) is 49.1 Å². The summed E-state index contributed by atoms with van der Waals surface area (Å²) < 4.78 is 13.8. The fraction of sp³-hybridized carbons (Fsp3) is 0.211. The van der Waals surface area contributed by atoms with Crippen molar-refractivity contribution in [1.82, 2.24) is 20.5 Å². The first-order valence-corrected chi connectivity index (χ1v) is 8.19. The molecule has 1 aliphatic rings. The maximum atomic E-state index is 13.8. The molecule has 1 heterocycles. The number of hydrogen-bond donors (Lipinski definition) is 2. The van der Waals surface area contributed by atoms with Crippen LogP contribution in [0.3, 0.4) is 0 Å². The molecule has 0 saturated carbocycles. The quantitative estimate of drug-likeness (QED) is 0.771. The van der Waals surface area contributed by atoms with Gasteiger partial charge in [-0.3, -0.25) is 9.89 Å². The van der Waals surface area contributed by atoms with Crippen LogP contribution in [0.5, 0.6) is 0 Å². The Labute approximate surface area is 144 Å². The highest BCUT2D eigenvalue weighted by atomic mass is 19.1. The normalized spacial score (nSPS) is 15.8. The van der Waals surface area contributed by atoms with Gasteiger partial charge in [0.2, 0.25) is 0 Å². The molecule has 3 aromatic rings. The number of aromatic amines is 1. The van der Waals surface area contributed by atoms with E-state index in [-0.39, 0.29) is 17.8 Å². The second-order valence-corrected chi connectivity index (χ2v) is 6.19. The first-order valence-electron chi connectivity index (χ1n) is 8.19. The molecule has 0 aliphatic heterocycles. The van der Waals surface area contributed by atoms with E-state index in [0.717, 1.165) is 23.4 Å². The fourth-order valence-electron chi connectivity index (χ4n) is 3.24. The molecule has 25 heavy (non-hydrogen) atoms. The summed E-state index contributed by atoms with van der Waals surface area (Å²) in [4.78, 5) is 16.8. The third-order valence-corrected chi connectivity index (χ3v) is 4.52. The SMILES string of the molecule is Cc1nc(-c2ccc(C(=O)N[C@@H]3CCc4c(F)cccc43)cc2)n[nH]1. The predicted molar refractivity (Wildman–Crippen MR) is 91.5 cm³/mol. The Hall–Kier alpha value is -3.02. The molecule has 0 spiro atoms. The molecule has 2 aromatic carbocycles. The number of nitrogens with one attached hydrogen (secondary N) is 2. The van der Waals surface area contributed by atoms with Crippen molar-refractivity contribution in [2.24, 2.45) is 0 Å². The molecule has 0 bridgehead atoms. The molecular formula is C19H17FN4O. The summed E-state index contributed by atoms with van der Waals surface area (Å²) in [7, 11) is 0. The second-order valence-electron chi connectivity index (χ2n) is 6.19. The lowest BCUT2D eigenvalue weighted by molar-refractivity contribution is 0.0936. The summed E-state index contributed by atoms with van der Waals surface area (Å²) in [6, 6.07) is 12.0. The highest BCUT2D eigenvalue weighted by molar-refractivity contribution is 5.95. The van der Waals surface area contributed by atoms with Gasteiger partial charge in [0, 0.05) is 11.1 Å². The van der Waals surface area contributed by atoms with Crippen LogP contribution in [0, 0.1) is 12.7 Å². The Morgan fingerprint density at radius 3 is 2.76 bits per heavy atom. The fourth-order valence-corrected chi connectivity index (χ4v) is 3.24. The average Bonchev–Trinajstić information content (AvgIpc) is 3.23. The van der Waals surface area contributed by atoms with Crippen LogP contribution in [0.25, 0.3) is 11.4 Å². The van der Waals surface area contributed by atoms with Crippen molar-refractivity contribution in [3.8, 4) is 11.4 Å². The maximum Gasteiger partial charge on any atom is 0.251 e. The van der Waals surface area contributed by atoms with Gasteiger partial charge in [-0.25, -0.2) is 9.37 Å². The Balaban J connectivity index is 1.50. The van der Waals surface area contributed by atoms with Crippen molar-refractivity contribution in [2.45, 2.75) is 25.8 Å². The smallest absolute Gasteiger partial charge is 0.251 e. The Bertz CT molecular complexity index is 933. The number of fused-ring (bicyclic) bond motifs is 1. The molecule has 126 valence electrons. The van der Waals surface area contributed by atoms with Crippen LogP contribution in [-0.2, 0) is 6.42 Å². The highest BCUT2D eigenvalue weighted by Gasteiger charge is 2.26. The molecule has 6 heteroatoms. The van der Waals surface area contributed by atoms with E-state index in [9.17, 15) is 9.18 Å². The molecule has 5 nitrogen and oxygen atoms in total. The van der Waals surface area contributed by atoms with Crippen molar-refractivity contribution in [2.75, 3.05) is 0 Å². The standard InChI is InChI=1S/C19H17FN4O/c1-11-21-18(24-23-11)12-5-7-13(8-6-12)19(25)22-17-10-9-14-15(17)3-2-4-16(14)20/h2-8,17H,9-10H2,1H3,(H,22,25)(H,21,23,24)/t17-/m1/s1. The van der Waals surface area contributed by atoms with Crippen LogP contribution >= 0.6 is 0 Å². The number of rotatable bonds is 3. The van der Waals surface area contributed by atoms with Crippen LogP contribution in [-0.4, -0.2) is 21.1 Å². The molecular weight excluding hydrogens is 319 g/mol. The van der Waals surface area contributed by atoms with E-state index in [0.29, 0.717) is 23.4 Å². The van der Waals surface area contributed by atoms with Crippen LogP contribution in [0.2, 0.25) is 0 Å². The summed E-state index contributed by atoms with van der Waals surface area (Å²) in [5, 5.41) is 9.90. The van der Waals surface area contributed by atoms with Crippen molar-refractivity contribution < 1.29 is 9.18 Å². The van der Waals surface area contributed by atoms with Gasteiger partial charge in [-0.2, -0.15) is 5.10 Å².